The van der Waals surface area contributed by atoms with E-state index in [1.807, 2.05) is 6.92 Å². The summed E-state index contributed by atoms with van der Waals surface area (Å²) >= 11 is 0. The summed E-state index contributed by atoms with van der Waals surface area (Å²) in [5, 5.41) is 0. The van der Waals surface area contributed by atoms with Crippen molar-refractivity contribution in [2.24, 2.45) is 5.92 Å². The van der Waals surface area contributed by atoms with E-state index >= 15 is 0 Å². The summed E-state index contributed by atoms with van der Waals surface area (Å²) in [7, 11) is -2.37. The van der Waals surface area contributed by atoms with Gasteiger partial charge in [0.15, 0.2) is 6.23 Å². The Bertz CT molecular complexity index is 1140. The van der Waals surface area contributed by atoms with Crippen LogP contribution in [-0.2, 0) is 18.8 Å². The lowest BCUT2D eigenvalue weighted by atomic mass is 10.00. The molecular formula is C36H63N2O6P. The van der Waals surface area contributed by atoms with Crippen LogP contribution in [0.2, 0.25) is 0 Å². The number of unbranched alkanes of at least 4 members (excludes halogenated alkanes) is 16. The Balaban J connectivity index is 1.55. The van der Waals surface area contributed by atoms with Crippen LogP contribution in [0.25, 0.3) is 0 Å². The highest BCUT2D eigenvalue weighted by atomic mass is 31.2. The molecule has 1 N–H and O–H groups in total. The van der Waals surface area contributed by atoms with Gasteiger partial charge in [-0.15, -0.1) is 0 Å². The maximum absolute atomic E-state index is 12.5. The van der Waals surface area contributed by atoms with Gasteiger partial charge in [-0.2, -0.15) is 0 Å². The van der Waals surface area contributed by atoms with Gasteiger partial charge in [0.25, 0.3) is 5.56 Å². The van der Waals surface area contributed by atoms with E-state index in [1.54, 1.807) is 25.2 Å². The standard InChI is InChI=1S/C36H63N2O6P/c1-5-6-7-8-9-10-11-12-13-14-15-17-20-23-31(39)24-21-18-16-19-22-28-43-34-30(2)32(26-29-45(3,4)42)44-35(34)38-27-25-33(40)37-36(38)41/h25-27,29-30,32,34-35H,5-24,28H2,1-4H3,(H,37,40,41)/b29-26+/t30-,32-,34-,35-/m1/s1. The molecule has 0 bridgehead atoms. The molecule has 0 spiro atoms. The fraction of sp³-hybridized carbons (Fsp3) is 0.806. The van der Waals surface area contributed by atoms with Gasteiger partial charge in [0, 0.05) is 37.6 Å². The van der Waals surface area contributed by atoms with Crippen molar-refractivity contribution < 1.29 is 18.8 Å². The number of nitrogens with zero attached hydrogens (tertiary/aromatic N) is 1. The van der Waals surface area contributed by atoms with Gasteiger partial charge in [-0.05, 0) is 38.4 Å². The van der Waals surface area contributed by atoms with Crippen LogP contribution in [0.3, 0.4) is 0 Å². The Hall–Kier alpha value is -1.76. The van der Waals surface area contributed by atoms with Crippen molar-refractivity contribution in [3.63, 3.8) is 0 Å². The molecule has 0 saturated carbocycles. The first kappa shape index (κ1) is 39.4. The molecule has 1 aliphatic heterocycles. The molecule has 0 aliphatic carbocycles. The van der Waals surface area contributed by atoms with E-state index in [9.17, 15) is 18.9 Å². The molecule has 258 valence electrons. The Labute approximate surface area is 272 Å². The highest BCUT2D eigenvalue weighted by molar-refractivity contribution is 7.65. The minimum Gasteiger partial charge on any atom is -0.373 e. The Kier molecular flexibility index (Phi) is 19.9. The summed E-state index contributed by atoms with van der Waals surface area (Å²) < 4.78 is 26.0. The maximum atomic E-state index is 12.5. The average Bonchev–Trinajstić information content (AvgIpc) is 3.29. The van der Waals surface area contributed by atoms with Gasteiger partial charge in [-0.25, -0.2) is 4.79 Å². The van der Waals surface area contributed by atoms with E-state index in [4.69, 9.17) is 9.47 Å². The van der Waals surface area contributed by atoms with Gasteiger partial charge in [-0.3, -0.25) is 19.1 Å². The highest BCUT2D eigenvalue weighted by Gasteiger charge is 2.43. The lowest BCUT2D eigenvalue weighted by molar-refractivity contribution is -0.119. The van der Waals surface area contributed by atoms with Crippen molar-refractivity contribution in [3.05, 3.63) is 45.0 Å². The number of carbonyl (C=O) groups is 1. The Morgan fingerprint density at radius 2 is 1.38 bits per heavy atom. The minimum absolute atomic E-state index is 0.0717. The van der Waals surface area contributed by atoms with E-state index in [0.29, 0.717) is 18.8 Å². The van der Waals surface area contributed by atoms with Gasteiger partial charge in [0.05, 0.1) is 6.10 Å². The molecule has 8 nitrogen and oxygen atoms in total. The summed E-state index contributed by atoms with van der Waals surface area (Å²) in [6, 6.07) is 1.30. The SMILES string of the molecule is CCCCCCCCCCCCCCCC(=O)CCCCCCCO[C@@H]1[C@H](C)[C@@H](/C=C/P(C)(C)=O)O[C@H]1n1ccc(=O)[nH]c1=O. The molecule has 2 rings (SSSR count). The van der Waals surface area contributed by atoms with Crippen LogP contribution in [0, 0.1) is 5.92 Å². The summed E-state index contributed by atoms with van der Waals surface area (Å²) in [5.74, 6) is 2.02. The number of rotatable bonds is 26. The molecule has 0 aromatic carbocycles. The largest absolute Gasteiger partial charge is 0.373 e. The van der Waals surface area contributed by atoms with E-state index in [2.05, 4.69) is 11.9 Å². The van der Waals surface area contributed by atoms with Gasteiger partial charge in [0.1, 0.15) is 19.0 Å². The molecule has 1 saturated heterocycles. The monoisotopic (exact) mass is 650 g/mol. The lowest BCUT2D eigenvalue weighted by Gasteiger charge is -2.23. The molecule has 1 aromatic rings. The molecule has 0 unspecified atom stereocenters. The quantitative estimate of drug-likeness (QED) is 0.0792. The van der Waals surface area contributed by atoms with E-state index in [1.165, 1.54) is 93.9 Å². The zero-order chi connectivity index (χ0) is 32.9. The second kappa shape index (κ2) is 22.7. The third kappa shape index (κ3) is 17.1. The van der Waals surface area contributed by atoms with Gasteiger partial charge < -0.3 is 14.0 Å². The van der Waals surface area contributed by atoms with Crippen molar-refractivity contribution >= 4 is 12.9 Å². The second-order valence-corrected chi connectivity index (χ2v) is 16.7. The van der Waals surface area contributed by atoms with Crippen LogP contribution < -0.4 is 11.2 Å². The third-order valence-corrected chi connectivity index (χ3v) is 9.73. The number of aromatic nitrogens is 2. The first-order valence-corrected chi connectivity index (χ1v) is 20.6. The van der Waals surface area contributed by atoms with Crippen molar-refractivity contribution in [1.29, 1.82) is 0 Å². The minimum atomic E-state index is -2.37. The molecule has 9 heteroatoms. The van der Waals surface area contributed by atoms with Crippen molar-refractivity contribution in [3.8, 4) is 0 Å². The summed E-state index contributed by atoms with van der Waals surface area (Å²) in [6.45, 7) is 8.18. The highest BCUT2D eigenvalue weighted by Crippen LogP contribution is 2.41. The van der Waals surface area contributed by atoms with Crippen LogP contribution >= 0.6 is 7.14 Å². The molecule has 0 radical (unpaired) electrons. The van der Waals surface area contributed by atoms with Gasteiger partial charge >= 0.3 is 5.69 Å². The summed E-state index contributed by atoms with van der Waals surface area (Å²) in [4.78, 5) is 38.6. The van der Waals surface area contributed by atoms with E-state index < -0.39 is 24.6 Å². The number of aromatic amines is 1. The van der Waals surface area contributed by atoms with Crippen LogP contribution in [0.1, 0.15) is 148 Å². The topological polar surface area (TPSA) is 107 Å². The number of nitrogens with one attached hydrogen (secondary N) is 1. The van der Waals surface area contributed by atoms with Gasteiger partial charge in [-0.1, -0.05) is 116 Å². The second-order valence-electron chi connectivity index (χ2n) is 13.5. The fourth-order valence-corrected chi connectivity index (χ4v) is 6.63. The van der Waals surface area contributed by atoms with Crippen LogP contribution in [0.5, 0.6) is 0 Å². The third-order valence-electron chi connectivity index (χ3n) is 8.84. The number of H-pyrrole nitrogens is 1. The smallest absolute Gasteiger partial charge is 0.330 e. The molecule has 0 amide bonds. The Morgan fingerprint density at radius 1 is 0.867 bits per heavy atom. The molecule has 1 fully saturated rings. The van der Waals surface area contributed by atoms with Crippen molar-refractivity contribution in [1.82, 2.24) is 9.55 Å². The molecule has 1 aliphatic rings. The molecular weight excluding hydrogens is 587 g/mol. The molecule has 2 heterocycles. The first-order chi connectivity index (χ1) is 21.6. The number of ether oxygens (including phenoxy) is 2. The zero-order valence-corrected chi connectivity index (χ0v) is 29.7. The number of hydrogen-bond acceptors (Lipinski definition) is 6. The number of carbonyl (C=O) groups excluding carboxylic acids is 1. The Morgan fingerprint density at radius 3 is 1.89 bits per heavy atom. The number of ketones is 1. The average molecular weight is 651 g/mol. The van der Waals surface area contributed by atoms with Gasteiger partial charge in [0.2, 0.25) is 0 Å². The van der Waals surface area contributed by atoms with Crippen LogP contribution in [0.4, 0.5) is 0 Å². The molecule has 45 heavy (non-hydrogen) atoms. The van der Waals surface area contributed by atoms with Crippen LogP contribution in [0.15, 0.2) is 33.7 Å². The number of Topliss-reactive ketones (excluding diaryl/α,β-unsaturated/α-hetero) is 1. The lowest BCUT2D eigenvalue weighted by Crippen LogP contribution is -2.37. The van der Waals surface area contributed by atoms with Crippen molar-refractivity contribution in [2.75, 3.05) is 19.9 Å². The zero-order valence-electron chi connectivity index (χ0n) is 28.8. The fourth-order valence-electron chi connectivity index (χ4n) is 6.05. The van der Waals surface area contributed by atoms with E-state index in [-0.39, 0.29) is 18.1 Å². The molecule has 4 atom stereocenters. The summed E-state index contributed by atoms with van der Waals surface area (Å²) in [6.07, 6.45) is 25.4. The van der Waals surface area contributed by atoms with Crippen LogP contribution in [-0.4, -0.2) is 47.5 Å². The summed E-state index contributed by atoms with van der Waals surface area (Å²) in [5.41, 5.74) is -1.01. The predicted molar refractivity (Wildman–Crippen MR) is 186 cm³/mol. The molecule has 1 aromatic heterocycles. The predicted octanol–water partition coefficient (Wildman–Crippen LogP) is 8.98. The number of hydrogen-bond donors (Lipinski definition) is 1. The van der Waals surface area contributed by atoms with E-state index in [0.717, 1.165) is 44.9 Å². The first-order valence-electron chi connectivity index (χ1n) is 18.0. The van der Waals surface area contributed by atoms with Crippen molar-refractivity contribution in [2.45, 2.75) is 161 Å². The normalized spacial score (nSPS) is 20.4. The maximum Gasteiger partial charge on any atom is 0.330 e.